The Kier molecular flexibility index (Phi) is 4.87. The number of amides is 2. The Morgan fingerprint density at radius 3 is 2.67 bits per heavy atom. The van der Waals surface area contributed by atoms with Gasteiger partial charge in [0.05, 0.1) is 0 Å². The SMILES string of the molecule is CC1CCN(C(=O)NCC2CCCC(N)C2)CC1. The van der Waals surface area contributed by atoms with Gasteiger partial charge in [0.25, 0.3) is 0 Å². The van der Waals surface area contributed by atoms with E-state index in [2.05, 4.69) is 12.2 Å². The number of piperidine rings is 1. The lowest BCUT2D eigenvalue weighted by Crippen LogP contribution is -2.46. The summed E-state index contributed by atoms with van der Waals surface area (Å²) in [6.07, 6.45) is 6.92. The lowest BCUT2D eigenvalue weighted by molar-refractivity contribution is 0.170. The van der Waals surface area contributed by atoms with Gasteiger partial charge in [-0.1, -0.05) is 13.3 Å². The standard InChI is InChI=1S/C14H27N3O/c1-11-5-7-17(8-6-11)14(18)16-10-12-3-2-4-13(15)9-12/h11-13H,2-10,15H2,1H3,(H,16,18). The fourth-order valence-electron chi connectivity index (χ4n) is 3.07. The summed E-state index contributed by atoms with van der Waals surface area (Å²) in [5.74, 6) is 1.35. The molecule has 0 radical (unpaired) electrons. The normalized spacial score (nSPS) is 30.2. The van der Waals surface area contributed by atoms with Crippen molar-refractivity contribution in [2.45, 2.75) is 51.5 Å². The Hall–Kier alpha value is -0.770. The number of carbonyl (C=O) groups is 1. The molecular weight excluding hydrogens is 226 g/mol. The van der Waals surface area contributed by atoms with Crippen molar-refractivity contribution in [3.8, 4) is 0 Å². The number of hydrogen-bond acceptors (Lipinski definition) is 2. The Bertz CT molecular complexity index is 274. The Labute approximate surface area is 110 Å². The van der Waals surface area contributed by atoms with E-state index >= 15 is 0 Å². The molecule has 1 aliphatic heterocycles. The van der Waals surface area contributed by atoms with Crippen LogP contribution in [-0.2, 0) is 0 Å². The molecule has 0 spiro atoms. The molecule has 2 rings (SSSR count). The minimum atomic E-state index is 0.126. The number of hydrogen-bond donors (Lipinski definition) is 2. The van der Waals surface area contributed by atoms with Crippen LogP contribution >= 0.6 is 0 Å². The van der Waals surface area contributed by atoms with Crippen LogP contribution in [0, 0.1) is 11.8 Å². The number of nitrogens with two attached hydrogens (primary N) is 1. The van der Waals surface area contributed by atoms with Crippen LogP contribution < -0.4 is 11.1 Å². The van der Waals surface area contributed by atoms with E-state index in [0.29, 0.717) is 12.0 Å². The third-order valence-electron chi connectivity index (χ3n) is 4.44. The van der Waals surface area contributed by atoms with Crippen molar-refractivity contribution >= 4 is 6.03 Å². The molecule has 2 atom stereocenters. The van der Waals surface area contributed by atoms with Crippen molar-refractivity contribution in [2.75, 3.05) is 19.6 Å². The van der Waals surface area contributed by atoms with Crippen molar-refractivity contribution in [3.63, 3.8) is 0 Å². The smallest absolute Gasteiger partial charge is 0.317 e. The number of likely N-dealkylation sites (tertiary alicyclic amines) is 1. The molecule has 2 fully saturated rings. The van der Waals surface area contributed by atoms with E-state index in [1.54, 1.807) is 0 Å². The summed E-state index contributed by atoms with van der Waals surface area (Å²) in [5.41, 5.74) is 5.97. The van der Waals surface area contributed by atoms with Crippen molar-refractivity contribution in [1.82, 2.24) is 10.2 Å². The molecule has 4 heteroatoms. The fourth-order valence-corrected chi connectivity index (χ4v) is 3.07. The van der Waals surface area contributed by atoms with Gasteiger partial charge in [-0.05, 0) is 43.9 Å². The lowest BCUT2D eigenvalue weighted by Gasteiger charge is -2.32. The van der Waals surface area contributed by atoms with Gasteiger partial charge < -0.3 is 16.0 Å². The van der Waals surface area contributed by atoms with Gasteiger partial charge in [-0.2, -0.15) is 0 Å². The Morgan fingerprint density at radius 2 is 2.00 bits per heavy atom. The van der Waals surface area contributed by atoms with E-state index in [4.69, 9.17) is 5.73 Å². The average molecular weight is 253 g/mol. The van der Waals surface area contributed by atoms with Gasteiger partial charge in [-0.25, -0.2) is 4.79 Å². The first-order chi connectivity index (χ1) is 8.65. The monoisotopic (exact) mass is 253 g/mol. The molecule has 0 aromatic rings. The minimum Gasteiger partial charge on any atom is -0.338 e. The van der Waals surface area contributed by atoms with Gasteiger partial charge in [-0.15, -0.1) is 0 Å². The molecule has 2 aliphatic rings. The number of carbonyl (C=O) groups excluding carboxylic acids is 1. The molecule has 2 amide bonds. The minimum absolute atomic E-state index is 0.126. The molecule has 1 aliphatic carbocycles. The Balaban J connectivity index is 1.68. The molecule has 1 saturated carbocycles. The molecule has 18 heavy (non-hydrogen) atoms. The van der Waals surface area contributed by atoms with Crippen molar-refractivity contribution in [1.29, 1.82) is 0 Å². The van der Waals surface area contributed by atoms with E-state index in [0.717, 1.165) is 51.2 Å². The molecule has 104 valence electrons. The topological polar surface area (TPSA) is 58.4 Å². The average Bonchev–Trinajstić information content (AvgIpc) is 2.37. The molecule has 4 nitrogen and oxygen atoms in total. The maximum absolute atomic E-state index is 12.0. The predicted octanol–water partition coefficient (Wildman–Crippen LogP) is 1.95. The van der Waals surface area contributed by atoms with Crippen molar-refractivity contribution in [2.24, 2.45) is 17.6 Å². The first-order valence-corrected chi connectivity index (χ1v) is 7.43. The van der Waals surface area contributed by atoms with Gasteiger partial charge in [-0.3, -0.25) is 0 Å². The summed E-state index contributed by atoms with van der Waals surface area (Å²) >= 11 is 0. The van der Waals surface area contributed by atoms with Crippen LogP contribution in [0.2, 0.25) is 0 Å². The molecule has 1 heterocycles. The number of nitrogens with one attached hydrogen (secondary N) is 1. The lowest BCUT2D eigenvalue weighted by atomic mass is 9.86. The molecule has 3 N–H and O–H groups in total. The van der Waals surface area contributed by atoms with E-state index in [1.807, 2.05) is 4.90 Å². The quantitative estimate of drug-likeness (QED) is 0.790. The third-order valence-corrected chi connectivity index (χ3v) is 4.44. The second-order valence-electron chi connectivity index (χ2n) is 6.15. The van der Waals surface area contributed by atoms with Gasteiger partial charge in [0, 0.05) is 25.7 Å². The summed E-state index contributed by atoms with van der Waals surface area (Å²) in [7, 11) is 0. The zero-order chi connectivity index (χ0) is 13.0. The van der Waals surface area contributed by atoms with Crippen LogP contribution in [0.3, 0.4) is 0 Å². The van der Waals surface area contributed by atoms with E-state index in [1.165, 1.54) is 12.8 Å². The number of nitrogens with zero attached hydrogens (tertiary/aromatic N) is 1. The van der Waals surface area contributed by atoms with Crippen LogP contribution in [-0.4, -0.2) is 36.6 Å². The molecule has 0 aromatic carbocycles. The number of rotatable bonds is 2. The molecule has 0 aromatic heterocycles. The van der Waals surface area contributed by atoms with E-state index in [9.17, 15) is 4.79 Å². The van der Waals surface area contributed by atoms with Crippen molar-refractivity contribution < 1.29 is 4.79 Å². The largest absolute Gasteiger partial charge is 0.338 e. The van der Waals surface area contributed by atoms with Gasteiger partial charge in [0.2, 0.25) is 0 Å². The maximum Gasteiger partial charge on any atom is 0.317 e. The molecule has 2 unspecified atom stereocenters. The van der Waals surface area contributed by atoms with Gasteiger partial charge in [0.15, 0.2) is 0 Å². The van der Waals surface area contributed by atoms with E-state index < -0.39 is 0 Å². The van der Waals surface area contributed by atoms with Crippen molar-refractivity contribution in [3.05, 3.63) is 0 Å². The second kappa shape index (κ2) is 6.41. The Morgan fingerprint density at radius 1 is 1.28 bits per heavy atom. The third kappa shape index (κ3) is 3.87. The van der Waals surface area contributed by atoms with Crippen LogP contribution in [0.4, 0.5) is 4.79 Å². The summed E-state index contributed by atoms with van der Waals surface area (Å²) < 4.78 is 0. The van der Waals surface area contributed by atoms with Crippen LogP contribution in [0.25, 0.3) is 0 Å². The second-order valence-corrected chi connectivity index (χ2v) is 6.15. The van der Waals surface area contributed by atoms with Crippen LogP contribution in [0.5, 0.6) is 0 Å². The summed E-state index contributed by atoms with van der Waals surface area (Å²) in [6.45, 7) is 4.89. The predicted molar refractivity (Wildman–Crippen MR) is 73.3 cm³/mol. The van der Waals surface area contributed by atoms with Gasteiger partial charge in [0.1, 0.15) is 0 Å². The van der Waals surface area contributed by atoms with E-state index in [-0.39, 0.29) is 6.03 Å². The first-order valence-electron chi connectivity index (χ1n) is 7.43. The summed E-state index contributed by atoms with van der Waals surface area (Å²) in [4.78, 5) is 14.0. The first kappa shape index (κ1) is 13.7. The highest BCUT2D eigenvalue weighted by atomic mass is 16.2. The zero-order valence-corrected chi connectivity index (χ0v) is 11.5. The molecule has 1 saturated heterocycles. The van der Waals surface area contributed by atoms with Crippen LogP contribution in [0.15, 0.2) is 0 Å². The highest BCUT2D eigenvalue weighted by Crippen LogP contribution is 2.22. The van der Waals surface area contributed by atoms with Gasteiger partial charge >= 0.3 is 6.03 Å². The summed E-state index contributed by atoms with van der Waals surface area (Å²) in [5, 5.41) is 3.09. The highest BCUT2D eigenvalue weighted by molar-refractivity contribution is 5.74. The molecular formula is C14H27N3O. The number of urea groups is 1. The fraction of sp³-hybridized carbons (Fsp3) is 0.929. The zero-order valence-electron chi connectivity index (χ0n) is 11.5. The maximum atomic E-state index is 12.0. The van der Waals surface area contributed by atoms with Crippen LogP contribution in [0.1, 0.15) is 45.4 Å². The molecule has 0 bridgehead atoms. The summed E-state index contributed by atoms with van der Waals surface area (Å²) in [6, 6.07) is 0.470. The highest BCUT2D eigenvalue weighted by Gasteiger charge is 2.23.